The van der Waals surface area contributed by atoms with E-state index >= 15 is 0 Å². The average Bonchev–Trinajstić information content (AvgIpc) is 3.72. The van der Waals surface area contributed by atoms with E-state index in [-0.39, 0.29) is 24.3 Å². The molecule has 1 saturated carbocycles. The summed E-state index contributed by atoms with van der Waals surface area (Å²) >= 11 is 1.82. The number of benzene rings is 2. The number of likely N-dealkylation sites (N-methyl/N-ethyl adjacent to an activating group) is 1. The number of hydrogen-bond donors (Lipinski definition) is 5. The second kappa shape index (κ2) is 36.3. The molecule has 5 rings (SSSR count). The fourth-order valence-electron chi connectivity index (χ4n) is 7.82. The van der Waals surface area contributed by atoms with Gasteiger partial charge in [-0.3, -0.25) is 24.4 Å². The quantitative estimate of drug-likeness (QED) is 0.0256. The molecule has 66 heavy (non-hydrogen) atoms. The van der Waals surface area contributed by atoms with Crippen LogP contribution in [0.5, 0.6) is 0 Å². The number of piperidine rings is 2. The van der Waals surface area contributed by atoms with Gasteiger partial charge in [-0.2, -0.15) is 0 Å². The lowest BCUT2D eigenvalue weighted by molar-refractivity contribution is -0.132. The van der Waals surface area contributed by atoms with Crippen molar-refractivity contribution in [2.24, 2.45) is 27.1 Å². The number of amides is 2. The average molecular weight is 933 g/mol. The molecule has 368 valence electrons. The van der Waals surface area contributed by atoms with Crippen LogP contribution in [0.15, 0.2) is 94.0 Å². The van der Waals surface area contributed by atoms with E-state index in [9.17, 15) is 24.3 Å². The van der Waals surface area contributed by atoms with Crippen molar-refractivity contribution in [3.05, 3.63) is 90.3 Å². The highest BCUT2D eigenvalue weighted by molar-refractivity contribution is 7.97. The zero-order valence-corrected chi connectivity index (χ0v) is 42.4. The Hall–Kier alpha value is -4.89. The van der Waals surface area contributed by atoms with Gasteiger partial charge in [0, 0.05) is 80.5 Å². The van der Waals surface area contributed by atoms with Crippen LogP contribution in [0.1, 0.15) is 122 Å². The lowest BCUT2D eigenvalue weighted by Crippen LogP contribution is -2.48. The highest BCUT2D eigenvalue weighted by Crippen LogP contribution is 2.43. The zero-order valence-electron chi connectivity index (χ0n) is 41.6. The van der Waals surface area contributed by atoms with Crippen LogP contribution in [-0.4, -0.2) is 111 Å². The van der Waals surface area contributed by atoms with Crippen molar-refractivity contribution in [3.63, 3.8) is 0 Å². The van der Waals surface area contributed by atoms with Gasteiger partial charge >= 0.3 is 0 Å². The molecule has 3 fully saturated rings. The number of aldehydes is 2. The Kier molecular flexibility index (Phi) is 33.6. The van der Waals surface area contributed by atoms with Crippen molar-refractivity contribution in [1.82, 2.24) is 19.8 Å². The third kappa shape index (κ3) is 22.5. The number of nitrogens with two attached hydrogens (primary N) is 1. The highest BCUT2D eigenvalue weighted by atomic mass is 32.2. The third-order valence-electron chi connectivity index (χ3n) is 11.6. The van der Waals surface area contributed by atoms with E-state index in [1.807, 2.05) is 81.8 Å². The number of carbonyl (C=O) groups excluding carboxylic acids is 4. The van der Waals surface area contributed by atoms with Crippen LogP contribution in [0.2, 0.25) is 0 Å². The highest BCUT2D eigenvalue weighted by Gasteiger charge is 2.39. The molecule has 3 aliphatic rings. The molecule has 2 atom stereocenters. The largest absolute Gasteiger partial charge is 0.392 e. The summed E-state index contributed by atoms with van der Waals surface area (Å²) in [4.78, 5) is 55.8. The fourth-order valence-corrected chi connectivity index (χ4v) is 8.74. The summed E-state index contributed by atoms with van der Waals surface area (Å²) in [5.41, 5.74) is 8.45. The van der Waals surface area contributed by atoms with Gasteiger partial charge in [0.15, 0.2) is 0 Å². The molecule has 13 nitrogen and oxygen atoms in total. The van der Waals surface area contributed by atoms with E-state index in [2.05, 4.69) is 75.0 Å². The maximum Gasteiger partial charge on any atom is 0.243 e. The summed E-state index contributed by atoms with van der Waals surface area (Å²) in [6.07, 6.45) is 19.2. The molecule has 2 aromatic rings. The van der Waals surface area contributed by atoms with E-state index < -0.39 is 5.60 Å². The van der Waals surface area contributed by atoms with E-state index in [1.54, 1.807) is 25.5 Å². The Labute approximate surface area is 402 Å². The van der Waals surface area contributed by atoms with Gasteiger partial charge in [-0.15, -0.1) is 0 Å². The van der Waals surface area contributed by atoms with E-state index in [0.29, 0.717) is 11.0 Å². The second-order valence-electron chi connectivity index (χ2n) is 15.9. The van der Waals surface area contributed by atoms with Crippen LogP contribution in [0.3, 0.4) is 0 Å². The van der Waals surface area contributed by atoms with Gasteiger partial charge < -0.3 is 36.5 Å². The van der Waals surface area contributed by atoms with Crippen molar-refractivity contribution in [2.75, 3.05) is 58.7 Å². The first-order valence-corrected chi connectivity index (χ1v) is 24.4. The van der Waals surface area contributed by atoms with Crippen LogP contribution in [0.4, 0.5) is 11.4 Å². The molecule has 2 aromatic carbocycles. The van der Waals surface area contributed by atoms with Crippen LogP contribution in [-0.2, 0) is 20.8 Å². The number of unbranched alkanes of at least 4 members (excludes halogenated alkanes) is 2. The number of allylic oxidation sites excluding steroid dienone is 1. The summed E-state index contributed by atoms with van der Waals surface area (Å²) in [5, 5.41) is 18.9. The van der Waals surface area contributed by atoms with Gasteiger partial charge in [-0.05, 0) is 157 Å². The molecule has 0 bridgehead atoms. The summed E-state index contributed by atoms with van der Waals surface area (Å²) in [7, 11) is 3.08. The predicted molar refractivity (Wildman–Crippen MR) is 280 cm³/mol. The number of hydrogen-bond acceptors (Lipinski definition) is 12. The Morgan fingerprint density at radius 1 is 0.955 bits per heavy atom. The van der Waals surface area contributed by atoms with Gasteiger partial charge in [-0.1, -0.05) is 58.9 Å². The summed E-state index contributed by atoms with van der Waals surface area (Å²) in [6.45, 7) is 27.5. The maximum atomic E-state index is 12.9. The van der Waals surface area contributed by atoms with Crippen LogP contribution in [0.25, 0.3) is 0 Å². The summed E-state index contributed by atoms with van der Waals surface area (Å²) in [6, 6.07) is 13.8. The molecule has 6 N–H and O–H groups in total. The summed E-state index contributed by atoms with van der Waals surface area (Å²) < 4.78 is 2.46. The number of rotatable bonds is 17. The lowest BCUT2D eigenvalue weighted by atomic mass is 9.71. The lowest BCUT2D eigenvalue weighted by Gasteiger charge is -2.46. The molecule has 0 radical (unpaired) electrons. The SMILES string of the molecule is C=CNCC.C=N/C=C(/C=C\C(=O)NC)C1CCC[C@@]1(C)O.C=Nc1ccc(SN2CCC3(CC2)CCN(C(=O)CNc2cccc(C=O)c2CC)CC3)cc1.CC.CCCCC=O.CN. The molecule has 1 spiro atoms. The predicted octanol–water partition coefficient (Wildman–Crippen LogP) is 9.36. The van der Waals surface area contributed by atoms with E-state index in [1.165, 1.54) is 30.9 Å². The molecule has 0 aromatic heterocycles. The Morgan fingerprint density at radius 2 is 1.59 bits per heavy atom. The molecule has 2 amide bonds. The molecule has 2 heterocycles. The molecule has 2 aliphatic heterocycles. The normalized spacial score (nSPS) is 18.3. The molecule has 1 unspecified atom stereocenters. The van der Waals surface area contributed by atoms with Gasteiger partial charge in [0.05, 0.1) is 17.8 Å². The van der Waals surface area contributed by atoms with Crippen molar-refractivity contribution in [2.45, 2.75) is 123 Å². The van der Waals surface area contributed by atoms with Gasteiger partial charge in [-0.25, -0.2) is 4.31 Å². The smallest absolute Gasteiger partial charge is 0.243 e. The van der Waals surface area contributed by atoms with Crippen LogP contribution < -0.4 is 21.7 Å². The Bertz CT molecular complexity index is 1760. The first kappa shape index (κ1) is 61.1. The van der Waals surface area contributed by atoms with Gasteiger partial charge in [0.2, 0.25) is 11.8 Å². The number of aliphatic hydroxyl groups is 1. The number of carbonyl (C=O) groups is 4. The van der Waals surface area contributed by atoms with Gasteiger partial charge in [0.1, 0.15) is 12.6 Å². The van der Waals surface area contributed by atoms with E-state index in [0.717, 1.165) is 126 Å². The molecular formula is C52H84N8O5S. The number of nitrogens with one attached hydrogen (secondary N) is 3. The van der Waals surface area contributed by atoms with Gasteiger partial charge in [0.25, 0.3) is 0 Å². The molecule has 1 aliphatic carbocycles. The van der Waals surface area contributed by atoms with Crippen molar-refractivity contribution >= 4 is 61.1 Å². The molecular weight excluding hydrogens is 849 g/mol. The van der Waals surface area contributed by atoms with Crippen molar-refractivity contribution in [3.8, 4) is 0 Å². The topological polar surface area (TPSA) is 182 Å². The minimum absolute atomic E-state index is 0.0221. The maximum absolute atomic E-state index is 12.9. The number of likely N-dealkylation sites (tertiary alicyclic amines) is 1. The first-order chi connectivity index (χ1) is 31.9. The Balaban J connectivity index is 0.00000109. The standard InChI is InChI=1S/C27H34N4O2S.C13H20N2O2.C5H10O.C4H9N.C2H6.CH5N/c1-3-24-21(20-32)5-4-6-25(24)29-19-26(33)30-15-11-27(12-16-30)13-17-31(18-14-27)34-23-9-7-22(28-2)8-10-23;1-13(17)8-4-5-11(13)10(9-14-2)6-7-12(16)15-3;1-2-3-4-5-6;1-3-5-4-2;2*1-2/h4-10,20,29H,2-3,11-19H2,1H3;6-7,9,11,17H,2,4-5,8H2,1,3H3,(H,15,16);5H,2-4H2,1H3;3,5H,1,4H2,2H3;1-2H3;2H2,1H3/b;7-6-,10-9-;;;;/t;11?,13-;;;;/m.1..../s1. The van der Waals surface area contributed by atoms with Crippen LogP contribution in [0, 0.1) is 11.3 Å². The van der Waals surface area contributed by atoms with Crippen molar-refractivity contribution < 1.29 is 24.3 Å². The third-order valence-corrected chi connectivity index (χ3v) is 12.7. The minimum Gasteiger partial charge on any atom is -0.392 e. The number of nitrogens with zero attached hydrogens (tertiary/aromatic N) is 4. The second-order valence-corrected chi connectivity index (χ2v) is 17.1. The fraction of sp³-hybridized carbons (Fsp3) is 0.538. The van der Waals surface area contributed by atoms with E-state index in [4.69, 9.17) is 0 Å². The monoisotopic (exact) mass is 933 g/mol. The van der Waals surface area contributed by atoms with Crippen molar-refractivity contribution in [1.29, 1.82) is 0 Å². The number of anilines is 1. The number of aliphatic imine (C=N–C) groups is 2. The minimum atomic E-state index is -0.719. The molecule has 2 saturated heterocycles. The molecule has 14 heteroatoms. The first-order valence-electron chi connectivity index (χ1n) is 23.6. The zero-order chi connectivity index (χ0) is 49.8. The Morgan fingerprint density at radius 3 is 2.05 bits per heavy atom. The van der Waals surface area contributed by atoms with Crippen LogP contribution >= 0.6 is 11.9 Å². The summed E-state index contributed by atoms with van der Waals surface area (Å²) in [5.74, 6) is -0.00892.